The van der Waals surface area contributed by atoms with E-state index in [0.29, 0.717) is 22.5 Å². The van der Waals surface area contributed by atoms with Crippen molar-refractivity contribution in [2.75, 3.05) is 13.1 Å². The Morgan fingerprint density at radius 3 is 2.79 bits per heavy atom. The van der Waals surface area contributed by atoms with E-state index in [9.17, 15) is 9.18 Å². The van der Waals surface area contributed by atoms with Crippen molar-refractivity contribution in [3.63, 3.8) is 0 Å². The van der Waals surface area contributed by atoms with E-state index >= 15 is 0 Å². The van der Waals surface area contributed by atoms with Gasteiger partial charge >= 0.3 is 0 Å². The van der Waals surface area contributed by atoms with Crippen molar-refractivity contribution >= 4 is 34.2 Å². The molecule has 1 heterocycles. The third-order valence-corrected chi connectivity index (χ3v) is 4.03. The average molecular weight is 352 g/mol. The van der Waals surface area contributed by atoms with Gasteiger partial charge in [0.1, 0.15) is 5.82 Å². The molecule has 19 heavy (non-hydrogen) atoms. The van der Waals surface area contributed by atoms with Crippen LogP contribution in [0.1, 0.15) is 23.7 Å². The predicted octanol–water partition coefficient (Wildman–Crippen LogP) is 2.82. The molecule has 1 fully saturated rings. The lowest BCUT2D eigenvalue weighted by Gasteiger charge is -2.18. The molecule has 1 aliphatic rings. The number of nitrogens with two attached hydrogens (primary N) is 1. The van der Waals surface area contributed by atoms with Crippen molar-refractivity contribution in [3.05, 3.63) is 34.1 Å². The van der Waals surface area contributed by atoms with Gasteiger partial charge in [-0.1, -0.05) is 0 Å². The first-order chi connectivity index (χ1) is 8.49. The summed E-state index contributed by atoms with van der Waals surface area (Å²) >= 11 is 3.09. The smallest absolute Gasteiger partial charge is 0.253 e. The second-order valence-electron chi connectivity index (χ2n) is 4.79. The molecule has 3 nitrogen and oxygen atoms in total. The largest absolute Gasteiger partial charge is 0.338 e. The standard InChI is InChI=1S/C13H16BrFN2O.ClH/c1-8(16)10-4-5-17(7-10)13(18)9-2-3-12(15)11(14)6-9;/h2-3,6,8,10H,4-5,7,16H2,1H3;1H. The van der Waals surface area contributed by atoms with Gasteiger partial charge in [-0.2, -0.15) is 0 Å². The second kappa shape index (κ2) is 6.68. The zero-order valence-corrected chi connectivity index (χ0v) is 13.0. The van der Waals surface area contributed by atoms with Gasteiger partial charge in [0.05, 0.1) is 4.47 Å². The molecule has 0 bridgehead atoms. The zero-order valence-electron chi connectivity index (χ0n) is 10.6. The molecule has 0 saturated carbocycles. The first kappa shape index (κ1) is 16.4. The number of likely N-dealkylation sites (tertiary alicyclic amines) is 1. The highest BCUT2D eigenvalue weighted by atomic mass is 79.9. The molecule has 0 spiro atoms. The van der Waals surface area contributed by atoms with Gasteiger partial charge in [-0.25, -0.2) is 4.39 Å². The molecular formula is C13H17BrClFN2O. The fourth-order valence-electron chi connectivity index (χ4n) is 2.21. The summed E-state index contributed by atoms with van der Waals surface area (Å²) in [5, 5.41) is 0. The Morgan fingerprint density at radius 2 is 2.26 bits per heavy atom. The molecular weight excluding hydrogens is 335 g/mol. The SMILES string of the molecule is CC(N)C1CCN(C(=O)c2ccc(F)c(Br)c2)C1.Cl. The molecule has 1 amide bonds. The summed E-state index contributed by atoms with van der Waals surface area (Å²) in [4.78, 5) is 14.0. The highest BCUT2D eigenvalue weighted by Gasteiger charge is 2.29. The Morgan fingerprint density at radius 1 is 1.58 bits per heavy atom. The van der Waals surface area contributed by atoms with Crippen LogP contribution in [0.25, 0.3) is 0 Å². The summed E-state index contributed by atoms with van der Waals surface area (Å²) in [5.74, 6) is -0.0573. The minimum Gasteiger partial charge on any atom is -0.338 e. The van der Waals surface area contributed by atoms with E-state index in [1.807, 2.05) is 6.92 Å². The van der Waals surface area contributed by atoms with Gasteiger partial charge < -0.3 is 10.6 Å². The van der Waals surface area contributed by atoms with Crippen molar-refractivity contribution in [1.29, 1.82) is 0 Å². The number of hydrogen-bond acceptors (Lipinski definition) is 2. The van der Waals surface area contributed by atoms with Crippen LogP contribution >= 0.6 is 28.3 Å². The number of nitrogens with zero attached hydrogens (tertiary/aromatic N) is 1. The number of rotatable bonds is 2. The summed E-state index contributed by atoms with van der Waals surface area (Å²) in [6, 6.07) is 4.44. The van der Waals surface area contributed by atoms with E-state index in [0.717, 1.165) is 13.0 Å². The van der Waals surface area contributed by atoms with E-state index in [1.54, 1.807) is 4.90 Å². The fraction of sp³-hybridized carbons (Fsp3) is 0.462. The van der Waals surface area contributed by atoms with E-state index in [1.165, 1.54) is 18.2 Å². The fourth-order valence-corrected chi connectivity index (χ4v) is 2.59. The Kier molecular flexibility index (Phi) is 5.77. The van der Waals surface area contributed by atoms with Gasteiger partial charge in [0.2, 0.25) is 0 Å². The third-order valence-electron chi connectivity index (χ3n) is 3.42. The maximum atomic E-state index is 13.1. The molecule has 0 aromatic heterocycles. The van der Waals surface area contributed by atoms with E-state index in [4.69, 9.17) is 5.73 Å². The first-order valence-corrected chi connectivity index (χ1v) is 6.78. The molecule has 0 aliphatic carbocycles. The molecule has 2 N–H and O–H groups in total. The Bertz CT molecular complexity index is 470. The zero-order chi connectivity index (χ0) is 13.3. The molecule has 6 heteroatoms. The lowest BCUT2D eigenvalue weighted by Crippen LogP contribution is -2.33. The van der Waals surface area contributed by atoms with Crippen LogP contribution in [0, 0.1) is 11.7 Å². The van der Waals surface area contributed by atoms with Crippen LogP contribution in [0.5, 0.6) is 0 Å². The van der Waals surface area contributed by atoms with Crippen LogP contribution in [-0.2, 0) is 0 Å². The van der Waals surface area contributed by atoms with Crippen LogP contribution in [0.15, 0.2) is 22.7 Å². The van der Waals surface area contributed by atoms with Crippen LogP contribution in [0.3, 0.4) is 0 Å². The normalized spacial score (nSPS) is 20.0. The van der Waals surface area contributed by atoms with Gasteiger partial charge in [-0.3, -0.25) is 4.79 Å². The average Bonchev–Trinajstić information content (AvgIpc) is 2.81. The van der Waals surface area contributed by atoms with E-state index in [2.05, 4.69) is 15.9 Å². The molecule has 1 aromatic rings. The van der Waals surface area contributed by atoms with Crippen LogP contribution in [0.2, 0.25) is 0 Å². The molecule has 1 aromatic carbocycles. The van der Waals surface area contributed by atoms with Crippen molar-refractivity contribution < 1.29 is 9.18 Å². The van der Waals surface area contributed by atoms with E-state index < -0.39 is 0 Å². The Balaban J connectivity index is 0.00000180. The summed E-state index contributed by atoms with van der Waals surface area (Å²) in [7, 11) is 0. The van der Waals surface area contributed by atoms with Gasteiger partial charge in [0.25, 0.3) is 5.91 Å². The lowest BCUT2D eigenvalue weighted by atomic mass is 10.0. The number of amides is 1. The predicted molar refractivity (Wildman–Crippen MR) is 79.0 cm³/mol. The topological polar surface area (TPSA) is 46.3 Å². The second-order valence-corrected chi connectivity index (χ2v) is 5.64. The van der Waals surface area contributed by atoms with Crippen molar-refractivity contribution in [1.82, 2.24) is 4.90 Å². The molecule has 1 aliphatic heterocycles. The molecule has 0 radical (unpaired) electrons. The Hall–Kier alpha value is -0.650. The monoisotopic (exact) mass is 350 g/mol. The molecule has 2 unspecified atom stereocenters. The summed E-state index contributed by atoms with van der Waals surface area (Å²) in [6.07, 6.45) is 0.936. The molecule has 1 saturated heterocycles. The highest BCUT2D eigenvalue weighted by molar-refractivity contribution is 9.10. The van der Waals surface area contributed by atoms with Gasteiger partial charge in [0.15, 0.2) is 0 Å². The maximum Gasteiger partial charge on any atom is 0.253 e. The van der Waals surface area contributed by atoms with Gasteiger partial charge in [-0.15, -0.1) is 12.4 Å². The number of carbonyl (C=O) groups excluding carboxylic acids is 1. The summed E-state index contributed by atoms with van der Waals surface area (Å²) < 4.78 is 13.4. The highest BCUT2D eigenvalue weighted by Crippen LogP contribution is 2.23. The van der Waals surface area contributed by atoms with Crippen LogP contribution < -0.4 is 5.73 Å². The summed E-state index contributed by atoms with van der Waals surface area (Å²) in [5.41, 5.74) is 6.36. The minimum absolute atomic E-state index is 0. The van der Waals surface area contributed by atoms with E-state index in [-0.39, 0.29) is 30.2 Å². The van der Waals surface area contributed by atoms with Crippen LogP contribution in [0.4, 0.5) is 4.39 Å². The van der Waals surface area contributed by atoms with Gasteiger partial charge in [0, 0.05) is 24.7 Å². The minimum atomic E-state index is -0.360. The van der Waals surface area contributed by atoms with Crippen molar-refractivity contribution in [2.24, 2.45) is 11.7 Å². The van der Waals surface area contributed by atoms with Crippen LogP contribution in [-0.4, -0.2) is 29.9 Å². The lowest BCUT2D eigenvalue weighted by molar-refractivity contribution is 0.0786. The quantitative estimate of drug-likeness (QED) is 0.890. The van der Waals surface area contributed by atoms with Gasteiger partial charge in [-0.05, 0) is 53.4 Å². The summed E-state index contributed by atoms with van der Waals surface area (Å²) in [6.45, 7) is 3.37. The first-order valence-electron chi connectivity index (χ1n) is 5.99. The number of hydrogen-bond donors (Lipinski definition) is 1. The number of halogens is 3. The number of carbonyl (C=O) groups is 1. The Labute approximate surface area is 126 Å². The molecule has 2 atom stereocenters. The molecule has 2 rings (SSSR count). The maximum absolute atomic E-state index is 13.1. The third kappa shape index (κ3) is 3.68. The van der Waals surface area contributed by atoms with Crippen molar-refractivity contribution in [2.45, 2.75) is 19.4 Å². The van der Waals surface area contributed by atoms with Crippen molar-refractivity contribution in [3.8, 4) is 0 Å². The molecule has 106 valence electrons. The number of benzene rings is 1.